The molecule has 0 radical (unpaired) electrons. The van der Waals surface area contributed by atoms with Crippen LogP contribution in [0.25, 0.3) is 0 Å². The van der Waals surface area contributed by atoms with E-state index in [9.17, 15) is 14.7 Å². The van der Waals surface area contributed by atoms with E-state index in [1.54, 1.807) is 23.3 Å². The van der Waals surface area contributed by atoms with Gasteiger partial charge in [-0.15, -0.1) is 0 Å². The molecule has 0 bridgehead atoms. The second-order valence-electron chi connectivity index (χ2n) is 4.20. The highest BCUT2D eigenvalue weighted by Crippen LogP contribution is 2.29. The number of carbonyl (C=O) groups is 2. The Labute approximate surface area is 92.8 Å². The van der Waals surface area contributed by atoms with E-state index in [1.807, 2.05) is 6.92 Å². The van der Waals surface area contributed by atoms with Crippen molar-refractivity contribution in [3.8, 4) is 0 Å². The fourth-order valence-electron chi connectivity index (χ4n) is 1.81. The highest BCUT2D eigenvalue weighted by Gasteiger charge is 2.45. The summed E-state index contributed by atoms with van der Waals surface area (Å²) in [4.78, 5) is 28.0. The third kappa shape index (κ3) is 1.44. The molecule has 0 saturated heterocycles. The van der Waals surface area contributed by atoms with E-state index in [0.29, 0.717) is 5.84 Å². The normalized spacial score (nSPS) is 28.4. The van der Waals surface area contributed by atoms with Gasteiger partial charge in [-0.05, 0) is 25.5 Å². The van der Waals surface area contributed by atoms with Crippen molar-refractivity contribution in [2.45, 2.75) is 25.8 Å². The number of aliphatic carboxylic acids is 1. The number of amides is 1. The molecule has 5 nitrogen and oxygen atoms in total. The van der Waals surface area contributed by atoms with E-state index in [4.69, 9.17) is 0 Å². The molecule has 16 heavy (non-hydrogen) atoms. The number of allylic oxidation sites excluding steroid dienone is 2. The van der Waals surface area contributed by atoms with Gasteiger partial charge in [-0.1, -0.05) is 6.08 Å². The lowest BCUT2D eigenvalue weighted by atomic mass is 9.92. The van der Waals surface area contributed by atoms with Gasteiger partial charge in [0.2, 0.25) is 0 Å². The molecule has 2 aliphatic heterocycles. The van der Waals surface area contributed by atoms with Crippen LogP contribution in [-0.4, -0.2) is 33.3 Å². The Balaban J connectivity index is 2.52. The van der Waals surface area contributed by atoms with E-state index in [1.165, 1.54) is 6.92 Å². The molecule has 2 heterocycles. The number of carbonyl (C=O) groups excluding carboxylic acids is 1. The number of carboxylic acid groups (broad SMARTS) is 1. The maximum absolute atomic E-state index is 11.4. The fourth-order valence-corrected chi connectivity index (χ4v) is 1.81. The van der Waals surface area contributed by atoms with Crippen molar-refractivity contribution in [1.29, 1.82) is 0 Å². The zero-order chi connectivity index (χ0) is 11.9. The quantitative estimate of drug-likeness (QED) is 0.713. The van der Waals surface area contributed by atoms with Gasteiger partial charge in [0.25, 0.3) is 5.91 Å². The van der Waals surface area contributed by atoms with E-state index in [-0.39, 0.29) is 6.42 Å². The Morgan fingerprint density at radius 3 is 2.88 bits per heavy atom. The molecule has 0 fully saturated rings. The van der Waals surface area contributed by atoms with Gasteiger partial charge in [0.1, 0.15) is 11.4 Å². The molecule has 0 saturated carbocycles. The Morgan fingerprint density at radius 2 is 2.25 bits per heavy atom. The van der Waals surface area contributed by atoms with Crippen LogP contribution < -0.4 is 0 Å². The summed E-state index contributed by atoms with van der Waals surface area (Å²) in [6, 6.07) is 0. The predicted molar refractivity (Wildman–Crippen MR) is 57.8 cm³/mol. The fraction of sp³-hybridized carbons (Fsp3) is 0.364. The van der Waals surface area contributed by atoms with Gasteiger partial charge in [-0.25, -0.2) is 4.79 Å². The molecule has 1 amide bonds. The highest BCUT2D eigenvalue weighted by molar-refractivity contribution is 6.08. The minimum absolute atomic E-state index is 0.108. The topological polar surface area (TPSA) is 70.0 Å². The Morgan fingerprint density at radius 1 is 1.56 bits per heavy atom. The van der Waals surface area contributed by atoms with E-state index in [2.05, 4.69) is 4.99 Å². The lowest BCUT2D eigenvalue weighted by Crippen LogP contribution is -2.56. The lowest BCUT2D eigenvalue weighted by molar-refractivity contribution is -0.149. The van der Waals surface area contributed by atoms with Gasteiger partial charge < -0.3 is 10.0 Å². The second-order valence-corrected chi connectivity index (χ2v) is 4.20. The van der Waals surface area contributed by atoms with Crippen molar-refractivity contribution in [2.75, 3.05) is 0 Å². The molecule has 0 unspecified atom stereocenters. The van der Waals surface area contributed by atoms with Crippen molar-refractivity contribution in [3.05, 3.63) is 23.9 Å². The maximum Gasteiger partial charge on any atom is 0.330 e. The zero-order valence-electron chi connectivity index (χ0n) is 9.10. The van der Waals surface area contributed by atoms with E-state index < -0.39 is 17.4 Å². The van der Waals surface area contributed by atoms with E-state index >= 15 is 0 Å². The van der Waals surface area contributed by atoms with Crippen LogP contribution in [0.1, 0.15) is 20.3 Å². The largest absolute Gasteiger partial charge is 0.479 e. The molecule has 0 aliphatic carbocycles. The van der Waals surface area contributed by atoms with Crippen molar-refractivity contribution >= 4 is 17.7 Å². The first-order valence-electron chi connectivity index (χ1n) is 4.94. The molecule has 2 aliphatic rings. The molecule has 1 atom stereocenters. The standard InChI is InChI=1S/C11H12N2O3/c1-7-3-4-8-12-9(14)5-11(2,10(15)16)13(8)6-7/h3-4,6H,5H2,1-2H3,(H,15,16)/t11-/m1/s1. The number of hydrogen-bond acceptors (Lipinski definition) is 3. The number of hydrogen-bond donors (Lipinski definition) is 1. The molecule has 0 spiro atoms. The first-order valence-corrected chi connectivity index (χ1v) is 4.94. The molecule has 0 aromatic rings. The van der Waals surface area contributed by atoms with Crippen LogP contribution >= 0.6 is 0 Å². The Bertz CT molecular complexity index is 462. The Hall–Kier alpha value is -1.91. The summed E-state index contributed by atoms with van der Waals surface area (Å²) in [5.41, 5.74) is -0.305. The number of nitrogens with zero attached hydrogens (tertiary/aromatic N) is 2. The van der Waals surface area contributed by atoms with Gasteiger partial charge >= 0.3 is 5.97 Å². The van der Waals surface area contributed by atoms with Crippen molar-refractivity contribution < 1.29 is 14.7 Å². The van der Waals surface area contributed by atoms with Crippen LogP contribution in [0.3, 0.4) is 0 Å². The van der Waals surface area contributed by atoms with Crippen molar-refractivity contribution in [1.82, 2.24) is 4.90 Å². The summed E-state index contributed by atoms with van der Waals surface area (Å²) >= 11 is 0. The molecule has 2 rings (SSSR count). The summed E-state index contributed by atoms with van der Waals surface area (Å²) in [5, 5.41) is 9.24. The molecule has 0 aromatic heterocycles. The number of rotatable bonds is 1. The van der Waals surface area contributed by atoms with Gasteiger partial charge in [-0.2, -0.15) is 4.99 Å². The minimum atomic E-state index is -1.24. The van der Waals surface area contributed by atoms with E-state index in [0.717, 1.165) is 5.57 Å². The molecular formula is C11H12N2O3. The number of carboxylic acids is 1. The van der Waals surface area contributed by atoms with Crippen molar-refractivity contribution in [2.24, 2.45) is 4.99 Å². The van der Waals surface area contributed by atoms with Crippen LogP contribution in [0.2, 0.25) is 0 Å². The van der Waals surface area contributed by atoms with Crippen LogP contribution in [0.15, 0.2) is 28.9 Å². The zero-order valence-corrected chi connectivity index (χ0v) is 9.10. The summed E-state index contributed by atoms with van der Waals surface area (Å²) in [6.07, 6.45) is 5.06. The summed E-state index contributed by atoms with van der Waals surface area (Å²) in [6.45, 7) is 3.40. The third-order valence-corrected chi connectivity index (χ3v) is 2.80. The number of amidine groups is 1. The van der Waals surface area contributed by atoms with Crippen LogP contribution in [0, 0.1) is 0 Å². The maximum atomic E-state index is 11.4. The first-order chi connectivity index (χ1) is 7.43. The average Bonchev–Trinajstić information content (AvgIpc) is 2.19. The lowest BCUT2D eigenvalue weighted by Gasteiger charge is -2.40. The van der Waals surface area contributed by atoms with Crippen LogP contribution in [0.4, 0.5) is 0 Å². The van der Waals surface area contributed by atoms with Gasteiger partial charge in [0, 0.05) is 6.20 Å². The van der Waals surface area contributed by atoms with Crippen molar-refractivity contribution in [3.63, 3.8) is 0 Å². The molecule has 0 aromatic carbocycles. The van der Waals surface area contributed by atoms with Gasteiger partial charge in [-0.3, -0.25) is 4.79 Å². The smallest absolute Gasteiger partial charge is 0.330 e. The SMILES string of the molecule is CC1=CN2C(=NC(=O)C[C@]2(C)C(=O)O)C=C1. The van der Waals surface area contributed by atoms with Crippen LogP contribution in [0.5, 0.6) is 0 Å². The van der Waals surface area contributed by atoms with Gasteiger partial charge in [0.15, 0.2) is 0 Å². The minimum Gasteiger partial charge on any atom is -0.479 e. The monoisotopic (exact) mass is 220 g/mol. The third-order valence-electron chi connectivity index (χ3n) is 2.80. The summed E-state index contributed by atoms with van der Waals surface area (Å²) in [5.74, 6) is -1.02. The molecule has 84 valence electrons. The van der Waals surface area contributed by atoms with Gasteiger partial charge in [0.05, 0.1) is 6.42 Å². The number of aliphatic imine (C=N–C) groups is 1. The molecule has 5 heteroatoms. The average molecular weight is 220 g/mol. The highest BCUT2D eigenvalue weighted by atomic mass is 16.4. The molecular weight excluding hydrogens is 208 g/mol. The Kier molecular flexibility index (Phi) is 2.18. The first kappa shape index (κ1) is 10.6. The number of fused-ring (bicyclic) bond motifs is 1. The summed E-state index contributed by atoms with van der Waals surface area (Å²) < 4.78 is 0. The molecule has 1 N–H and O–H groups in total. The summed E-state index contributed by atoms with van der Waals surface area (Å²) in [7, 11) is 0. The second kappa shape index (κ2) is 3.30. The van der Waals surface area contributed by atoms with Crippen LogP contribution in [-0.2, 0) is 9.59 Å². The predicted octanol–water partition coefficient (Wildman–Crippen LogP) is 0.934.